The van der Waals surface area contributed by atoms with Crippen molar-refractivity contribution < 1.29 is 9.90 Å². The van der Waals surface area contributed by atoms with E-state index < -0.39 is 6.10 Å². The first-order chi connectivity index (χ1) is 10.1. The van der Waals surface area contributed by atoms with E-state index in [1.54, 1.807) is 0 Å². The topological polar surface area (TPSA) is 49.3 Å². The molecule has 0 aromatic heterocycles. The maximum Gasteiger partial charge on any atom is 0.224 e. The first-order valence-electron chi connectivity index (χ1n) is 7.31. The van der Waals surface area contributed by atoms with Crippen LogP contribution >= 0.6 is 0 Å². The normalized spacial score (nSPS) is 15.8. The van der Waals surface area contributed by atoms with Gasteiger partial charge in [0.25, 0.3) is 0 Å². The molecule has 0 saturated carbocycles. The van der Waals surface area contributed by atoms with Crippen LogP contribution in [0.1, 0.15) is 41.2 Å². The van der Waals surface area contributed by atoms with Gasteiger partial charge in [-0.25, -0.2) is 0 Å². The van der Waals surface area contributed by atoms with E-state index in [0.29, 0.717) is 6.42 Å². The molecule has 1 unspecified atom stereocenters. The summed E-state index contributed by atoms with van der Waals surface area (Å²) in [5.41, 5.74) is 4.85. The van der Waals surface area contributed by atoms with Gasteiger partial charge in [-0.05, 0) is 48.1 Å². The summed E-state index contributed by atoms with van der Waals surface area (Å²) in [6, 6.07) is 13.7. The van der Waals surface area contributed by atoms with Crippen LogP contribution in [0.15, 0.2) is 42.5 Å². The van der Waals surface area contributed by atoms with Gasteiger partial charge in [0, 0.05) is 12.1 Å². The van der Waals surface area contributed by atoms with Crippen molar-refractivity contribution >= 4 is 11.6 Å². The summed E-state index contributed by atoms with van der Waals surface area (Å²) in [4.78, 5) is 11.6. The lowest BCUT2D eigenvalue weighted by Crippen LogP contribution is -2.09. The van der Waals surface area contributed by atoms with Crippen LogP contribution in [0.25, 0.3) is 0 Å². The largest absolute Gasteiger partial charge is 0.384 e. The van der Waals surface area contributed by atoms with Crippen molar-refractivity contribution in [2.75, 3.05) is 5.32 Å². The van der Waals surface area contributed by atoms with Gasteiger partial charge in [0.1, 0.15) is 6.10 Å². The number of carbonyl (C=O) groups excluding carboxylic acids is 1. The molecule has 1 heterocycles. The molecule has 3 nitrogen and oxygen atoms in total. The first kappa shape index (κ1) is 13.8. The highest BCUT2D eigenvalue weighted by molar-refractivity contribution is 5.92. The molecule has 3 heteroatoms. The standard InChI is InChI=1S/C18H19NO2/c1-12-5-2-3-7-15(12)18(21)14-9-10-16-13(11-14)6-4-8-17(20)19-16/h2-3,5,7,9-11,18,21H,4,6,8H2,1H3,(H,19,20). The van der Waals surface area contributed by atoms with E-state index in [-0.39, 0.29) is 5.91 Å². The summed E-state index contributed by atoms with van der Waals surface area (Å²) in [5.74, 6) is 0.0703. The number of amides is 1. The van der Waals surface area contributed by atoms with Crippen molar-refractivity contribution in [1.82, 2.24) is 0 Å². The van der Waals surface area contributed by atoms with Crippen LogP contribution in [-0.4, -0.2) is 11.0 Å². The van der Waals surface area contributed by atoms with E-state index in [4.69, 9.17) is 0 Å². The van der Waals surface area contributed by atoms with Crippen LogP contribution in [0.2, 0.25) is 0 Å². The molecule has 0 bridgehead atoms. The molecule has 108 valence electrons. The molecule has 21 heavy (non-hydrogen) atoms. The lowest BCUT2D eigenvalue weighted by Gasteiger charge is -2.16. The number of benzene rings is 2. The fourth-order valence-corrected chi connectivity index (χ4v) is 2.84. The Bertz CT molecular complexity index is 679. The highest BCUT2D eigenvalue weighted by Gasteiger charge is 2.17. The molecule has 0 saturated heterocycles. The lowest BCUT2D eigenvalue weighted by atomic mass is 9.95. The quantitative estimate of drug-likeness (QED) is 0.887. The van der Waals surface area contributed by atoms with Gasteiger partial charge in [0.15, 0.2) is 0 Å². The SMILES string of the molecule is Cc1ccccc1C(O)c1ccc2c(c1)CCCC(=O)N2. The molecular weight excluding hydrogens is 262 g/mol. The Morgan fingerprint density at radius 3 is 2.76 bits per heavy atom. The van der Waals surface area contributed by atoms with E-state index >= 15 is 0 Å². The molecule has 1 atom stereocenters. The number of rotatable bonds is 2. The Balaban J connectivity index is 1.95. The minimum Gasteiger partial charge on any atom is -0.384 e. The second-order valence-electron chi connectivity index (χ2n) is 5.58. The number of aryl methyl sites for hydroxylation is 2. The van der Waals surface area contributed by atoms with Gasteiger partial charge in [-0.15, -0.1) is 0 Å². The zero-order chi connectivity index (χ0) is 14.8. The minimum absolute atomic E-state index is 0.0703. The van der Waals surface area contributed by atoms with Crippen molar-refractivity contribution in [1.29, 1.82) is 0 Å². The minimum atomic E-state index is -0.629. The average Bonchev–Trinajstić information content (AvgIpc) is 2.67. The molecule has 1 aliphatic rings. The fourth-order valence-electron chi connectivity index (χ4n) is 2.84. The summed E-state index contributed by atoms with van der Waals surface area (Å²) in [6.45, 7) is 2.00. The fraction of sp³-hybridized carbons (Fsp3) is 0.278. The predicted molar refractivity (Wildman–Crippen MR) is 83.3 cm³/mol. The van der Waals surface area contributed by atoms with Crippen molar-refractivity contribution in [2.45, 2.75) is 32.3 Å². The van der Waals surface area contributed by atoms with Crippen LogP contribution in [0.5, 0.6) is 0 Å². The zero-order valence-electron chi connectivity index (χ0n) is 12.1. The second kappa shape index (κ2) is 5.70. The lowest BCUT2D eigenvalue weighted by molar-refractivity contribution is -0.116. The van der Waals surface area contributed by atoms with E-state index in [9.17, 15) is 9.90 Å². The van der Waals surface area contributed by atoms with Gasteiger partial charge >= 0.3 is 0 Å². The van der Waals surface area contributed by atoms with Gasteiger partial charge in [0.05, 0.1) is 0 Å². The number of carbonyl (C=O) groups is 1. The first-order valence-corrected chi connectivity index (χ1v) is 7.31. The summed E-state index contributed by atoms with van der Waals surface area (Å²) >= 11 is 0. The molecule has 0 aliphatic carbocycles. The van der Waals surface area contributed by atoms with Crippen LogP contribution < -0.4 is 5.32 Å². The molecule has 0 fully saturated rings. The van der Waals surface area contributed by atoms with Gasteiger partial charge in [-0.3, -0.25) is 4.79 Å². The zero-order valence-corrected chi connectivity index (χ0v) is 12.1. The summed E-state index contributed by atoms with van der Waals surface area (Å²) in [5, 5.41) is 13.5. The molecule has 2 aromatic rings. The Morgan fingerprint density at radius 2 is 1.95 bits per heavy atom. The van der Waals surface area contributed by atoms with Gasteiger partial charge in [-0.2, -0.15) is 0 Å². The maximum atomic E-state index is 11.6. The Morgan fingerprint density at radius 1 is 1.14 bits per heavy atom. The van der Waals surface area contributed by atoms with E-state index in [2.05, 4.69) is 5.32 Å². The Kier molecular flexibility index (Phi) is 3.76. The molecule has 1 aliphatic heterocycles. The van der Waals surface area contributed by atoms with Crippen LogP contribution in [-0.2, 0) is 11.2 Å². The van der Waals surface area contributed by atoms with E-state index in [1.165, 1.54) is 0 Å². The van der Waals surface area contributed by atoms with Gasteiger partial charge in [0.2, 0.25) is 5.91 Å². The summed E-state index contributed by atoms with van der Waals surface area (Å²) in [6.07, 6.45) is 1.64. The number of nitrogens with one attached hydrogen (secondary N) is 1. The second-order valence-corrected chi connectivity index (χ2v) is 5.58. The molecule has 3 rings (SSSR count). The maximum absolute atomic E-state index is 11.6. The third-order valence-corrected chi connectivity index (χ3v) is 4.05. The van der Waals surface area contributed by atoms with E-state index in [0.717, 1.165) is 40.8 Å². The smallest absolute Gasteiger partial charge is 0.224 e. The van der Waals surface area contributed by atoms with Gasteiger partial charge < -0.3 is 10.4 Å². The van der Waals surface area contributed by atoms with Gasteiger partial charge in [-0.1, -0.05) is 36.4 Å². The van der Waals surface area contributed by atoms with Crippen molar-refractivity contribution in [2.24, 2.45) is 0 Å². The highest BCUT2D eigenvalue weighted by Crippen LogP contribution is 2.29. The Hall–Kier alpha value is -2.13. The average molecular weight is 281 g/mol. The number of fused-ring (bicyclic) bond motifs is 1. The number of aliphatic hydroxyl groups excluding tert-OH is 1. The van der Waals surface area contributed by atoms with Crippen molar-refractivity contribution in [3.63, 3.8) is 0 Å². The number of hydrogen-bond acceptors (Lipinski definition) is 2. The van der Waals surface area contributed by atoms with Crippen LogP contribution in [0.4, 0.5) is 5.69 Å². The number of hydrogen-bond donors (Lipinski definition) is 2. The summed E-state index contributed by atoms with van der Waals surface area (Å²) < 4.78 is 0. The third-order valence-electron chi connectivity index (χ3n) is 4.05. The van der Waals surface area contributed by atoms with Crippen molar-refractivity contribution in [3.05, 3.63) is 64.7 Å². The molecule has 2 N–H and O–H groups in total. The van der Waals surface area contributed by atoms with Crippen LogP contribution in [0, 0.1) is 6.92 Å². The predicted octanol–water partition coefficient (Wildman–Crippen LogP) is 3.35. The number of anilines is 1. The van der Waals surface area contributed by atoms with Crippen molar-refractivity contribution in [3.8, 4) is 0 Å². The van der Waals surface area contributed by atoms with Crippen LogP contribution in [0.3, 0.4) is 0 Å². The molecule has 0 radical (unpaired) electrons. The number of aliphatic hydroxyl groups is 1. The molecule has 0 spiro atoms. The highest BCUT2D eigenvalue weighted by atomic mass is 16.3. The molecule has 2 aromatic carbocycles. The monoisotopic (exact) mass is 281 g/mol. The Labute approximate surface area is 124 Å². The molecular formula is C18H19NO2. The molecule has 1 amide bonds. The summed E-state index contributed by atoms with van der Waals surface area (Å²) in [7, 11) is 0. The third kappa shape index (κ3) is 2.83. The van der Waals surface area contributed by atoms with E-state index in [1.807, 2.05) is 49.4 Å².